The summed E-state index contributed by atoms with van der Waals surface area (Å²) in [4.78, 5) is 0.121. The quantitative estimate of drug-likeness (QED) is 0.871. The summed E-state index contributed by atoms with van der Waals surface area (Å²) in [5.41, 5.74) is 1.02. The highest BCUT2D eigenvalue weighted by Crippen LogP contribution is 2.38. The summed E-state index contributed by atoms with van der Waals surface area (Å²) in [6, 6.07) is 5.75. The molecule has 0 aliphatic carbocycles. The average Bonchev–Trinajstić information content (AvgIpc) is 3.06. The van der Waals surface area contributed by atoms with Gasteiger partial charge in [-0.25, -0.2) is 12.8 Å². The number of hydrogen-bond acceptors (Lipinski definition) is 4. The van der Waals surface area contributed by atoms with E-state index in [0.29, 0.717) is 24.2 Å². The maximum Gasteiger partial charge on any atom is 0.249 e. The fourth-order valence-corrected chi connectivity index (χ4v) is 5.01. The third kappa shape index (κ3) is 2.44. The minimum absolute atomic E-state index is 0.121. The van der Waals surface area contributed by atoms with Gasteiger partial charge < -0.3 is 4.52 Å². The lowest BCUT2D eigenvalue weighted by atomic mass is 10.1. The standard InChI is InChI=1S/C15H17FN2O3S/c1-10-15(11(2)21-17-10)22(19,20)18-8-4-7-14(18)12-5-3-6-13(16)9-12/h3,5-6,9,14H,4,7-8H2,1-2H3/t14-/m1/s1. The van der Waals surface area contributed by atoms with Crippen molar-refractivity contribution < 1.29 is 17.3 Å². The van der Waals surface area contributed by atoms with Crippen molar-refractivity contribution in [1.82, 2.24) is 9.46 Å². The predicted molar refractivity (Wildman–Crippen MR) is 78.2 cm³/mol. The van der Waals surface area contributed by atoms with Crippen molar-refractivity contribution in [2.45, 2.75) is 37.6 Å². The molecule has 1 aliphatic rings. The van der Waals surface area contributed by atoms with Gasteiger partial charge in [0.15, 0.2) is 5.76 Å². The molecule has 1 atom stereocenters. The molecule has 0 saturated carbocycles. The van der Waals surface area contributed by atoms with Gasteiger partial charge in [0, 0.05) is 6.54 Å². The lowest BCUT2D eigenvalue weighted by molar-refractivity contribution is 0.383. The Balaban J connectivity index is 2.03. The molecule has 1 aliphatic heterocycles. The summed E-state index contributed by atoms with van der Waals surface area (Å²) in [6.07, 6.45) is 1.41. The molecule has 5 nitrogen and oxygen atoms in total. The first-order valence-corrected chi connectivity index (χ1v) is 8.55. The zero-order valence-electron chi connectivity index (χ0n) is 12.4. The van der Waals surface area contributed by atoms with E-state index >= 15 is 0 Å². The van der Waals surface area contributed by atoms with E-state index in [2.05, 4.69) is 5.16 Å². The summed E-state index contributed by atoms with van der Waals surface area (Å²) >= 11 is 0. The van der Waals surface area contributed by atoms with Gasteiger partial charge in [0.25, 0.3) is 0 Å². The minimum Gasteiger partial charge on any atom is -0.360 e. The van der Waals surface area contributed by atoms with E-state index in [-0.39, 0.29) is 22.5 Å². The Bertz CT molecular complexity index is 781. The van der Waals surface area contributed by atoms with E-state index in [1.165, 1.54) is 16.4 Å². The SMILES string of the molecule is Cc1noc(C)c1S(=O)(=O)N1CCC[C@@H]1c1cccc(F)c1. The molecule has 0 unspecified atom stereocenters. The van der Waals surface area contributed by atoms with Crippen LogP contribution in [0, 0.1) is 19.7 Å². The van der Waals surface area contributed by atoms with Gasteiger partial charge in [0.05, 0.1) is 6.04 Å². The molecule has 0 bridgehead atoms. The van der Waals surface area contributed by atoms with Crippen LogP contribution in [0.25, 0.3) is 0 Å². The first-order chi connectivity index (χ1) is 10.4. The van der Waals surface area contributed by atoms with E-state index in [1.54, 1.807) is 26.0 Å². The highest BCUT2D eigenvalue weighted by Gasteiger charge is 2.39. The number of aryl methyl sites for hydroxylation is 2. The van der Waals surface area contributed by atoms with Crippen molar-refractivity contribution in [3.8, 4) is 0 Å². The number of halogens is 1. The number of hydrogen-bond donors (Lipinski definition) is 0. The second-order valence-electron chi connectivity index (χ2n) is 5.48. The summed E-state index contributed by atoms with van der Waals surface area (Å²) in [6.45, 7) is 3.60. The van der Waals surface area contributed by atoms with Crippen LogP contribution in [0.5, 0.6) is 0 Å². The van der Waals surface area contributed by atoms with Crippen LogP contribution in [-0.2, 0) is 10.0 Å². The monoisotopic (exact) mass is 324 g/mol. The third-order valence-electron chi connectivity index (χ3n) is 3.97. The lowest BCUT2D eigenvalue weighted by Gasteiger charge is -2.24. The molecule has 0 N–H and O–H groups in total. The van der Waals surface area contributed by atoms with E-state index in [4.69, 9.17) is 4.52 Å². The fraction of sp³-hybridized carbons (Fsp3) is 0.400. The number of nitrogens with zero attached hydrogens (tertiary/aromatic N) is 2. The first-order valence-electron chi connectivity index (χ1n) is 7.11. The van der Waals surface area contributed by atoms with Crippen molar-refractivity contribution in [3.05, 3.63) is 47.1 Å². The minimum atomic E-state index is -3.71. The molecule has 0 spiro atoms. The Morgan fingerprint density at radius 2 is 2.14 bits per heavy atom. The van der Waals surface area contributed by atoms with Gasteiger partial charge in [-0.1, -0.05) is 17.3 Å². The average molecular weight is 324 g/mol. The molecule has 2 aromatic rings. The molecule has 7 heteroatoms. The fourth-order valence-electron chi connectivity index (χ4n) is 3.03. The third-order valence-corrected chi connectivity index (χ3v) is 6.12. The largest absolute Gasteiger partial charge is 0.360 e. The number of rotatable bonds is 3. The van der Waals surface area contributed by atoms with Gasteiger partial charge in [0.2, 0.25) is 10.0 Å². The number of aromatic nitrogens is 1. The molecule has 1 aromatic heterocycles. The maximum atomic E-state index is 13.5. The Hall–Kier alpha value is -1.73. The number of sulfonamides is 1. The summed E-state index contributed by atoms with van der Waals surface area (Å²) in [7, 11) is -3.71. The molecule has 118 valence electrons. The van der Waals surface area contributed by atoms with Crippen molar-refractivity contribution >= 4 is 10.0 Å². The highest BCUT2D eigenvalue weighted by molar-refractivity contribution is 7.89. The normalized spacial score (nSPS) is 19.7. The number of benzene rings is 1. The van der Waals surface area contributed by atoms with E-state index in [1.807, 2.05) is 0 Å². The van der Waals surface area contributed by atoms with Crippen LogP contribution in [-0.4, -0.2) is 24.4 Å². The lowest BCUT2D eigenvalue weighted by Crippen LogP contribution is -2.31. The molecule has 0 radical (unpaired) electrons. The Morgan fingerprint density at radius 1 is 1.36 bits per heavy atom. The van der Waals surface area contributed by atoms with Crippen molar-refractivity contribution in [2.24, 2.45) is 0 Å². The van der Waals surface area contributed by atoms with Gasteiger partial charge in [-0.15, -0.1) is 0 Å². The second-order valence-corrected chi connectivity index (χ2v) is 7.31. The Kier molecular flexibility index (Phi) is 3.78. The summed E-state index contributed by atoms with van der Waals surface area (Å²) in [5, 5.41) is 3.72. The van der Waals surface area contributed by atoms with E-state index < -0.39 is 10.0 Å². The molecular formula is C15H17FN2O3S. The molecule has 0 amide bonds. The molecule has 2 heterocycles. The van der Waals surface area contributed by atoms with Crippen molar-refractivity contribution in [2.75, 3.05) is 6.54 Å². The van der Waals surface area contributed by atoms with Gasteiger partial charge in [-0.2, -0.15) is 4.31 Å². The molecule has 1 fully saturated rings. The highest BCUT2D eigenvalue weighted by atomic mass is 32.2. The van der Waals surface area contributed by atoms with Crippen molar-refractivity contribution in [1.29, 1.82) is 0 Å². The summed E-state index contributed by atoms with van der Waals surface area (Å²) < 4.78 is 45.7. The zero-order valence-corrected chi connectivity index (χ0v) is 13.2. The molecule has 3 rings (SSSR count). The van der Waals surface area contributed by atoms with Crippen LogP contribution >= 0.6 is 0 Å². The van der Waals surface area contributed by atoms with Gasteiger partial charge in [-0.05, 0) is 44.4 Å². The van der Waals surface area contributed by atoms with E-state index in [0.717, 1.165) is 6.42 Å². The van der Waals surface area contributed by atoms with E-state index in [9.17, 15) is 12.8 Å². The molecule has 22 heavy (non-hydrogen) atoms. The smallest absolute Gasteiger partial charge is 0.249 e. The first kappa shape index (κ1) is 15.2. The van der Waals surface area contributed by atoms with Crippen LogP contribution in [0.1, 0.15) is 35.9 Å². The van der Waals surface area contributed by atoms with Crippen LogP contribution in [0.2, 0.25) is 0 Å². The topological polar surface area (TPSA) is 63.4 Å². The molecule has 1 aromatic carbocycles. The summed E-state index contributed by atoms with van der Waals surface area (Å²) in [5.74, 6) is -0.0820. The maximum absolute atomic E-state index is 13.5. The van der Waals surface area contributed by atoms with Crippen molar-refractivity contribution in [3.63, 3.8) is 0 Å². The van der Waals surface area contributed by atoms with Crippen LogP contribution in [0.4, 0.5) is 4.39 Å². The second kappa shape index (κ2) is 5.48. The Labute approximate surface area is 128 Å². The Morgan fingerprint density at radius 3 is 2.77 bits per heavy atom. The predicted octanol–water partition coefficient (Wildman–Crippen LogP) is 2.96. The molecular weight excluding hydrogens is 307 g/mol. The van der Waals surface area contributed by atoms with Gasteiger partial charge in [-0.3, -0.25) is 0 Å². The van der Waals surface area contributed by atoms with Gasteiger partial charge >= 0.3 is 0 Å². The zero-order chi connectivity index (χ0) is 15.9. The molecule has 1 saturated heterocycles. The van der Waals surface area contributed by atoms with Gasteiger partial charge in [0.1, 0.15) is 16.4 Å². The van der Waals surface area contributed by atoms with Crippen LogP contribution < -0.4 is 0 Å². The van der Waals surface area contributed by atoms with Crippen LogP contribution in [0.15, 0.2) is 33.7 Å². The van der Waals surface area contributed by atoms with Crippen LogP contribution in [0.3, 0.4) is 0 Å².